The number of halogens is 1. The Bertz CT molecular complexity index is 2860. The highest BCUT2D eigenvalue weighted by Gasteiger charge is 2.44. The Morgan fingerprint density at radius 3 is 2.14 bits per heavy atom. The Hall–Kier alpha value is -7.24. The quantitative estimate of drug-likeness (QED) is 0.0557. The van der Waals surface area contributed by atoms with Gasteiger partial charge >= 0.3 is 5.97 Å². The summed E-state index contributed by atoms with van der Waals surface area (Å²) in [5.41, 5.74) is 6.81. The lowest BCUT2D eigenvalue weighted by molar-refractivity contribution is -0.145. The van der Waals surface area contributed by atoms with Crippen molar-refractivity contribution in [3.05, 3.63) is 39.4 Å². The number of aromatic nitrogens is 1. The maximum absolute atomic E-state index is 14.7. The number of ketones is 2. The maximum Gasteiger partial charge on any atom is 0.332 e. The van der Waals surface area contributed by atoms with Crippen molar-refractivity contribution in [3.63, 3.8) is 0 Å². The van der Waals surface area contributed by atoms with E-state index in [1.165, 1.54) is 6.92 Å². The van der Waals surface area contributed by atoms with Gasteiger partial charge in [0.25, 0.3) is 5.91 Å². The number of nitrogens with two attached hydrogens (primary N) is 1. The molecule has 2 bridgehead atoms. The number of benzene rings is 1. The van der Waals surface area contributed by atoms with Gasteiger partial charge in [0.1, 0.15) is 30.0 Å². The number of Topliss-reactive ketones (excluding diaryl/α,β-unsaturated/α-hetero) is 2. The van der Waals surface area contributed by atoms with Gasteiger partial charge in [-0.05, 0) is 57.9 Å². The van der Waals surface area contributed by atoms with Crippen molar-refractivity contribution in [3.8, 4) is 0 Å². The number of carboxylic acid groups (broad SMARTS) is 1. The van der Waals surface area contributed by atoms with Crippen molar-refractivity contribution in [1.29, 1.82) is 0 Å². The summed E-state index contributed by atoms with van der Waals surface area (Å²) in [6, 6.07) is -1.84. The number of aliphatic hydroxyl groups is 1. The summed E-state index contributed by atoms with van der Waals surface area (Å²) in [7, 11) is 0. The van der Waals surface area contributed by atoms with Gasteiger partial charge in [-0.25, -0.2) is 4.79 Å². The Labute approximate surface area is 491 Å². The first-order valence-corrected chi connectivity index (χ1v) is 29.1. The maximum atomic E-state index is 14.7. The van der Waals surface area contributed by atoms with Crippen LogP contribution in [0.5, 0.6) is 0 Å². The number of H-pyrrole nitrogens is 1. The average molecular weight is 1250 g/mol. The molecule has 13 N–H and O–H groups in total. The van der Waals surface area contributed by atoms with Crippen molar-refractivity contribution in [1.82, 2.24) is 52.4 Å². The summed E-state index contributed by atoms with van der Waals surface area (Å²) in [5.74, 6) is -12.9. The third-order valence-corrected chi connectivity index (χ3v) is 16.7. The number of ether oxygens (including phenoxy) is 1. The third-order valence-electron chi connectivity index (χ3n) is 14.6. The lowest BCUT2D eigenvalue weighted by Gasteiger charge is -2.31. The van der Waals surface area contributed by atoms with Crippen molar-refractivity contribution >= 4 is 115 Å². The lowest BCUT2D eigenvalue weighted by Crippen LogP contribution is -2.59. The molecule has 3 aliphatic rings. The molecule has 5 rings (SSSR count). The number of aliphatic hydroxyl groups excluding tert-OH is 1. The molecule has 0 aliphatic carbocycles. The standard InChI is InChI=1S/C54H74BrN11O16S/c1-6-26(3)45-50(77)60-22-42(72)61-37-25-83-52-34(33-17-29(8-9-35(33)63-52)16-31(67)10-12-57-41(71)11-14-82-15-13-58-49(76)44(55)28(5)54(80)81)21-36(47(74)59-23-43(73)64-45)62-51(78)46(27(4)7-2)65-48(75)38-20-32(68)24-66(38)53(79)30(18-39(37)69)19-40(56)70/h8-9,17,26-27,30,32,36-38,45-46,63,68H,6-7,10-16,18-25H2,1-5H3,(H2,56,70)(H,57,71)(H,58,76)(H,59,74)(H,60,77)(H,61,72)(H,62,78)(H,64,73)(H,65,75)(H,80,81)/b44-28+/t26-,27?,30-,32+,36+,37-,38-,45-,46-/m0/s1. The summed E-state index contributed by atoms with van der Waals surface area (Å²) in [6.45, 7) is 6.51. The topological polar surface area (TPSA) is 413 Å². The number of carboxylic acids is 1. The zero-order chi connectivity index (χ0) is 61.2. The first-order valence-electron chi connectivity index (χ1n) is 27.4. The Balaban J connectivity index is 1.50. The fraction of sp³-hybridized carbons (Fsp3) is 0.574. The fourth-order valence-corrected chi connectivity index (χ4v) is 10.9. The van der Waals surface area contributed by atoms with Gasteiger partial charge in [-0.1, -0.05) is 46.6 Å². The molecule has 1 aromatic heterocycles. The monoisotopic (exact) mass is 1240 g/mol. The fourth-order valence-electron chi connectivity index (χ4n) is 9.46. The van der Waals surface area contributed by atoms with E-state index < -0.39 is 151 Å². The number of hydrogen-bond acceptors (Lipinski definition) is 16. The van der Waals surface area contributed by atoms with Crippen LogP contribution in [0.4, 0.5) is 0 Å². The SMILES string of the molecule is CCC(C)[C@@H]1NC(=O)[C@@H]2C[C@@H](O)CN2C(=O)[C@H](CC(N)=O)CC(=O)[C@@H]2CSc3[nH]c4ccc(CC(=O)CCNC(=O)CCOCCNC(=O)/C(Br)=C(/C)C(=O)O)cc4c3C[C@@H](NC1=O)C(=O)NCC(=O)N[C@@H]([C@@H](C)CC)C(=O)NCC(=O)N2. The molecule has 3 aliphatic heterocycles. The van der Waals surface area contributed by atoms with Gasteiger partial charge in [0.15, 0.2) is 5.78 Å². The van der Waals surface area contributed by atoms with Crippen molar-refractivity contribution in [2.45, 2.75) is 134 Å². The van der Waals surface area contributed by atoms with Gasteiger partial charge in [0, 0.05) is 81.2 Å². The average Bonchev–Trinajstić information content (AvgIpc) is 3.37. The number of aliphatic carboxylic acids is 1. The molecule has 2 aromatic rings. The Kier molecular flexibility index (Phi) is 25.2. The molecule has 4 heterocycles. The highest BCUT2D eigenvalue weighted by molar-refractivity contribution is 9.12. The molecule has 0 spiro atoms. The first-order chi connectivity index (χ1) is 39.3. The number of carbonyl (C=O) groups is 13. The van der Waals surface area contributed by atoms with Crippen LogP contribution in [0.2, 0.25) is 0 Å². The Morgan fingerprint density at radius 1 is 0.819 bits per heavy atom. The van der Waals surface area contributed by atoms with E-state index >= 15 is 0 Å². The van der Waals surface area contributed by atoms with Crippen LogP contribution in [0, 0.1) is 17.8 Å². The minimum atomic E-state index is -1.51. The first kappa shape index (κ1) is 66.6. The number of amides is 10. The van der Waals surface area contributed by atoms with E-state index in [1.807, 2.05) is 0 Å². The van der Waals surface area contributed by atoms with Crippen LogP contribution < -0.4 is 48.3 Å². The van der Waals surface area contributed by atoms with E-state index in [4.69, 9.17) is 15.6 Å². The van der Waals surface area contributed by atoms with E-state index in [0.717, 1.165) is 16.7 Å². The van der Waals surface area contributed by atoms with E-state index in [1.54, 1.807) is 45.9 Å². The highest BCUT2D eigenvalue weighted by atomic mass is 79.9. The molecular formula is C54H74BrN11O16S. The summed E-state index contributed by atoms with van der Waals surface area (Å²) >= 11 is 3.96. The minimum absolute atomic E-state index is 0.00975. The summed E-state index contributed by atoms with van der Waals surface area (Å²) in [5, 5.41) is 41.7. The molecule has 1 fully saturated rings. The van der Waals surface area contributed by atoms with Crippen LogP contribution in [-0.4, -0.2) is 185 Å². The second-order valence-corrected chi connectivity index (χ2v) is 22.7. The molecule has 83 heavy (non-hydrogen) atoms. The van der Waals surface area contributed by atoms with Crippen molar-refractivity contribution in [2.24, 2.45) is 23.5 Å². The van der Waals surface area contributed by atoms with Gasteiger partial charge < -0.3 is 73.1 Å². The molecule has 0 saturated carbocycles. The second kappa shape index (κ2) is 31.4. The molecule has 29 heteroatoms. The number of thioether (sulfide) groups is 1. The van der Waals surface area contributed by atoms with Gasteiger partial charge in [-0.15, -0.1) is 11.8 Å². The van der Waals surface area contributed by atoms with E-state index in [2.05, 4.69) is 63.4 Å². The molecular weight excluding hydrogens is 1170 g/mol. The largest absolute Gasteiger partial charge is 0.478 e. The third kappa shape index (κ3) is 19.2. The summed E-state index contributed by atoms with van der Waals surface area (Å²) < 4.78 is 5.26. The lowest BCUT2D eigenvalue weighted by atomic mass is 9.93. The zero-order valence-electron chi connectivity index (χ0n) is 46.9. The predicted molar refractivity (Wildman–Crippen MR) is 302 cm³/mol. The van der Waals surface area contributed by atoms with Crippen LogP contribution in [0.1, 0.15) is 90.7 Å². The van der Waals surface area contributed by atoms with E-state index in [-0.39, 0.29) is 86.5 Å². The van der Waals surface area contributed by atoms with Gasteiger partial charge in [-0.3, -0.25) is 57.5 Å². The number of nitrogens with zero attached hydrogens (tertiary/aromatic N) is 1. The van der Waals surface area contributed by atoms with Crippen LogP contribution in [0.25, 0.3) is 10.9 Å². The molecule has 0 radical (unpaired) electrons. The number of fused-ring (bicyclic) bond motifs is 5. The van der Waals surface area contributed by atoms with Gasteiger partial charge in [0.05, 0.1) is 59.4 Å². The molecule has 454 valence electrons. The highest BCUT2D eigenvalue weighted by Crippen LogP contribution is 2.34. The number of carbonyl (C=O) groups excluding carboxylic acids is 12. The van der Waals surface area contributed by atoms with Gasteiger partial charge in [0.2, 0.25) is 53.2 Å². The molecule has 1 saturated heterocycles. The normalized spacial score (nSPS) is 23.6. The molecule has 1 aromatic carbocycles. The molecule has 9 atom stereocenters. The van der Waals surface area contributed by atoms with E-state index in [9.17, 15) is 67.4 Å². The number of primary amides is 1. The summed E-state index contributed by atoms with van der Waals surface area (Å²) in [6.07, 6.45) is -2.68. The molecule has 27 nitrogen and oxygen atoms in total. The number of nitrogens with one attached hydrogen (secondary N) is 9. The van der Waals surface area contributed by atoms with Crippen LogP contribution in [-0.2, 0) is 79.9 Å². The Morgan fingerprint density at radius 2 is 1.48 bits per heavy atom. The van der Waals surface area contributed by atoms with Crippen LogP contribution >= 0.6 is 27.7 Å². The van der Waals surface area contributed by atoms with Crippen molar-refractivity contribution in [2.75, 3.05) is 51.7 Å². The number of rotatable bonds is 19. The minimum Gasteiger partial charge on any atom is -0.478 e. The zero-order valence-corrected chi connectivity index (χ0v) is 49.3. The van der Waals surface area contributed by atoms with E-state index in [0.29, 0.717) is 39.9 Å². The van der Waals surface area contributed by atoms with Crippen molar-refractivity contribution < 1.29 is 77.3 Å². The predicted octanol–water partition coefficient (Wildman–Crippen LogP) is -1.60. The molecule has 10 amide bonds. The van der Waals surface area contributed by atoms with Crippen LogP contribution in [0.15, 0.2) is 33.3 Å². The molecule has 1 unspecified atom stereocenters. The summed E-state index contributed by atoms with van der Waals surface area (Å²) in [4.78, 5) is 180. The smallest absolute Gasteiger partial charge is 0.332 e. The number of aromatic amines is 1. The second-order valence-electron chi connectivity index (χ2n) is 20.9. The van der Waals surface area contributed by atoms with Crippen LogP contribution in [0.3, 0.4) is 0 Å². The number of hydrogen-bond donors (Lipinski definition) is 12. The van der Waals surface area contributed by atoms with Gasteiger partial charge in [-0.2, -0.15) is 0 Å².